The Labute approximate surface area is 189 Å². The molecule has 0 aromatic carbocycles. The molecule has 3 N–H and O–H groups in total. The van der Waals surface area contributed by atoms with Crippen LogP contribution in [0.2, 0.25) is 0 Å². The van der Waals surface area contributed by atoms with Gasteiger partial charge in [-0.05, 0) is 25.3 Å². The molecule has 0 rings (SSSR count). The molecule has 6 heteroatoms. The molecule has 0 atom stereocenters. The van der Waals surface area contributed by atoms with Crippen molar-refractivity contribution < 1.29 is 71.2 Å². The molecule has 0 unspecified atom stereocenters. The predicted molar refractivity (Wildman–Crippen MR) is 91.9 cm³/mol. The number of carboxylic acids is 2. The summed E-state index contributed by atoms with van der Waals surface area (Å²) >= 11 is 0. The molecule has 0 radical (unpaired) electrons. The number of carbonyl (C=O) groups excluding carboxylic acids is 1. The van der Waals surface area contributed by atoms with E-state index >= 15 is 0 Å². The van der Waals surface area contributed by atoms with Crippen LogP contribution in [0.4, 0.5) is 0 Å². The first-order valence-electron chi connectivity index (χ1n) is 8.72. The Morgan fingerprint density at radius 3 is 1.62 bits per heavy atom. The van der Waals surface area contributed by atoms with Crippen molar-refractivity contribution in [3.8, 4) is 0 Å². The predicted octanol–water partition coefficient (Wildman–Crippen LogP) is 0.0257. The van der Waals surface area contributed by atoms with E-state index in [1.165, 1.54) is 64.2 Å². The monoisotopic (exact) mass is 367 g/mol. The van der Waals surface area contributed by atoms with Crippen LogP contribution in [-0.2, 0) is 9.59 Å². The van der Waals surface area contributed by atoms with E-state index in [1.54, 1.807) is 0 Å². The fraction of sp³-hybridized carbons (Fsp3) is 0.778. The van der Waals surface area contributed by atoms with Gasteiger partial charge in [0.2, 0.25) is 0 Å². The summed E-state index contributed by atoms with van der Waals surface area (Å²) in [5.74, 6) is -2.80. The Bertz CT molecular complexity index is 322. The van der Waals surface area contributed by atoms with Crippen molar-refractivity contribution in [2.24, 2.45) is 5.73 Å². The maximum absolute atomic E-state index is 9.53. The number of nitrogens with two attached hydrogens (primary N) is 1. The van der Waals surface area contributed by atoms with E-state index < -0.39 is 11.9 Å². The van der Waals surface area contributed by atoms with E-state index in [0.717, 1.165) is 0 Å². The van der Waals surface area contributed by atoms with Crippen molar-refractivity contribution in [3.05, 3.63) is 12.2 Å². The fourth-order valence-corrected chi connectivity index (χ4v) is 2.30. The van der Waals surface area contributed by atoms with E-state index in [-0.39, 0.29) is 56.9 Å². The van der Waals surface area contributed by atoms with Gasteiger partial charge in [-0.2, -0.15) is 0 Å². The normalized spacial score (nSPS) is 10.7. The second kappa shape index (κ2) is 19.6. The summed E-state index contributed by atoms with van der Waals surface area (Å²) in [6.45, 7) is 6.77. The molecular weight excluding hydrogens is 333 g/mol. The molecular formula is C18H34KNO4. The summed E-state index contributed by atoms with van der Waals surface area (Å²) in [5, 5.41) is 17.2. The van der Waals surface area contributed by atoms with Gasteiger partial charge >= 0.3 is 57.4 Å². The molecule has 24 heavy (non-hydrogen) atoms. The minimum absolute atomic E-state index is 0. The van der Waals surface area contributed by atoms with Crippen LogP contribution in [0.5, 0.6) is 0 Å². The molecule has 0 aromatic rings. The van der Waals surface area contributed by atoms with Crippen molar-refractivity contribution in [1.82, 2.24) is 0 Å². The Morgan fingerprint density at radius 1 is 0.917 bits per heavy atom. The van der Waals surface area contributed by atoms with Crippen molar-refractivity contribution >= 4 is 11.9 Å². The summed E-state index contributed by atoms with van der Waals surface area (Å²) in [5.41, 5.74) is 6.66. The molecule has 0 saturated heterocycles. The van der Waals surface area contributed by atoms with Crippen LogP contribution in [0.1, 0.15) is 85.0 Å². The third-order valence-corrected chi connectivity index (χ3v) is 3.70. The second-order valence-corrected chi connectivity index (χ2v) is 6.02. The van der Waals surface area contributed by atoms with Crippen molar-refractivity contribution in [2.45, 2.75) is 90.5 Å². The molecule has 0 heterocycles. The van der Waals surface area contributed by atoms with Crippen LogP contribution in [0.15, 0.2) is 12.2 Å². The number of rotatable bonds is 12. The van der Waals surface area contributed by atoms with Crippen molar-refractivity contribution in [3.63, 3.8) is 0 Å². The van der Waals surface area contributed by atoms with Crippen molar-refractivity contribution in [1.29, 1.82) is 0 Å². The Morgan fingerprint density at radius 2 is 1.33 bits per heavy atom. The Kier molecular flexibility index (Phi) is 23.7. The molecule has 0 aromatic heterocycles. The zero-order valence-electron chi connectivity index (χ0n) is 16.0. The average Bonchev–Trinajstić information content (AvgIpc) is 2.50. The minimum Gasteiger partial charge on any atom is -0.545 e. The fourth-order valence-electron chi connectivity index (χ4n) is 2.30. The molecule has 136 valence electrons. The van der Waals surface area contributed by atoms with E-state index in [9.17, 15) is 14.7 Å². The van der Waals surface area contributed by atoms with Gasteiger partial charge in [-0.15, -0.1) is 0 Å². The SMILES string of the molecule is CCCCCC(N)(CCCC)CCCC.O=C([O-])C=CC(=O)O.[K+]. The van der Waals surface area contributed by atoms with E-state index in [0.29, 0.717) is 12.2 Å². The average molecular weight is 368 g/mol. The zero-order valence-corrected chi connectivity index (χ0v) is 19.1. The minimum atomic E-state index is -1.51. The molecule has 0 bridgehead atoms. The maximum atomic E-state index is 9.53. The first-order valence-corrected chi connectivity index (χ1v) is 8.72. The number of unbranched alkanes of at least 4 members (excludes halogenated alkanes) is 4. The van der Waals surface area contributed by atoms with E-state index in [2.05, 4.69) is 20.8 Å². The van der Waals surface area contributed by atoms with Gasteiger partial charge in [0.25, 0.3) is 0 Å². The summed E-state index contributed by atoms with van der Waals surface area (Å²) in [6, 6.07) is 0. The molecule has 0 aliphatic rings. The van der Waals surface area contributed by atoms with Gasteiger partial charge in [-0.25, -0.2) is 4.79 Å². The summed E-state index contributed by atoms with van der Waals surface area (Å²) in [4.78, 5) is 19.0. The zero-order chi connectivity index (χ0) is 18.1. The number of hydrogen-bond donors (Lipinski definition) is 2. The molecule has 0 saturated carbocycles. The van der Waals surface area contributed by atoms with Crippen LogP contribution in [-0.4, -0.2) is 22.6 Å². The van der Waals surface area contributed by atoms with E-state index in [4.69, 9.17) is 10.8 Å². The molecule has 0 amide bonds. The molecule has 0 aliphatic carbocycles. The molecule has 0 spiro atoms. The Balaban J connectivity index is -0.000000419. The molecule has 0 aliphatic heterocycles. The van der Waals surface area contributed by atoms with Crippen LogP contribution >= 0.6 is 0 Å². The topological polar surface area (TPSA) is 103 Å². The van der Waals surface area contributed by atoms with Gasteiger partial charge in [-0.3, -0.25) is 0 Å². The molecule has 0 fully saturated rings. The number of hydrogen-bond acceptors (Lipinski definition) is 4. The third kappa shape index (κ3) is 22.3. The van der Waals surface area contributed by atoms with Gasteiger partial charge in [0.05, 0.1) is 5.97 Å². The summed E-state index contributed by atoms with van der Waals surface area (Å²) in [7, 11) is 0. The molecule has 5 nitrogen and oxygen atoms in total. The van der Waals surface area contributed by atoms with Gasteiger partial charge < -0.3 is 20.7 Å². The van der Waals surface area contributed by atoms with Crippen molar-refractivity contribution in [2.75, 3.05) is 0 Å². The number of aliphatic carboxylic acids is 2. The first kappa shape index (κ1) is 29.1. The largest absolute Gasteiger partial charge is 1.00 e. The quantitative estimate of drug-likeness (QED) is 0.288. The van der Waals surface area contributed by atoms with Gasteiger partial charge in [0, 0.05) is 11.6 Å². The smallest absolute Gasteiger partial charge is 0.545 e. The van der Waals surface area contributed by atoms with Gasteiger partial charge in [0.1, 0.15) is 0 Å². The third-order valence-electron chi connectivity index (χ3n) is 3.70. The van der Waals surface area contributed by atoms with Crippen LogP contribution in [0.25, 0.3) is 0 Å². The number of carboxylic acid groups (broad SMARTS) is 2. The summed E-state index contributed by atoms with van der Waals surface area (Å²) in [6.07, 6.45) is 13.8. The maximum Gasteiger partial charge on any atom is 1.00 e. The standard InChI is InChI=1S/C14H31N.C4H4O4.K/c1-4-7-10-13-14(15,11-8-5-2)12-9-6-3;5-3(6)1-2-4(7)8;/h4-13,15H2,1-3H3;1-2H,(H,5,6)(H,7,8);/q;;+1/p-1. The van der Waals surface area contributed by atoms with Crippen LogP contribution < -0.4 is 62.2 Å². The first-order chi connectivity index (χ1) is 10.8. The van der Waals surface area contributed by atoms with Crippen LogP contribution in [0.3, 0.4) is 0 Å². The Hall–Kier alpha value is 0.276. The van der Waals surface area contributed by atoms with Crippen LogP contribution in [0, 0.1) is 0 Å². The van der Waals surface area contributed by atoms with Gasteiger partial charge in [-0.1, -0.05) is 65.7 Å². The summed E-state index contributed by atoms with van der Waals surface area (Å²) < 4.78 is 0. The second-order valence-electron chi connectivity index (χ2n) is 6.02. The van der Waals surface area contributed by atoms with E-state index in [1.807, 2.05) is 0 Å². The number of carbonyl (C=O) groups is 2. The van der Waals surface area contributed by atoms with Gasteiger partial charge in [0.15, 0.2) is 0 Å².